The molecule has 2 heterocycles. The van der Waals surface area contributed by atoms with E-state index in [4.69, 9.17) is 8.83 Å². The lowest BCUT2D eigenvalue weighted by Crippen LogP contribution is -1.99. The molecule has 26 heavy (non-hydrogen) atoms. The average molecular weight is 352 g/mol. The van der Waals surface area contributed by atoms with E-state index >= 15 is 0 Å². The van der Waals surface area contributed by atoms with Gasteiger partial charge in [-0.2, -0.15) is 0 Å². The van der Waals surface area contributed by atoms with Crippen LogP contribution in [0.1, 0.15) is 49.6 Å². The molecule has 0 aliphatic rings. The van der Waals surface area contributed by atoms with Crippen molar-refractivity contribution in [3.8, 4) is 11.5 Å². The Labute approximate surface area is 150 Å². The molecule has 2 aromatic heterocycles. The van der Waals surface area contributed by atoms with E-state index in [1.807, 2.05) is 26.8 Å². The summed E-state index contributed by atoms with van der Waals surface area (Å²) >= 11 is 0. The Kier molecular flexibility index (Phi) is 3.83. The number of rotatable bonds is 4. The molecule has 6 heteroatoms. The number of fused-ring (bicyclic) bond motifs is 2. The van der Waals surface area contributed by atoms with Crippen LogP contribution in [0.5, 0.6) is 11.5 Å². The summed E-state index contributed by atoms with van der Waals surface area (Å²) in [7, 11) is 0. The van der Waals surface area contributed by atoms with Crippen LogP contribution >= 0.6 is 0 Å². The fourth-order valence-corrected chi connectivity index (χ4v) is 3.25. The van der Waals surface area contributed by atoms with Crippen molar-refractivity contribution in [1.82, 2.24) is 9.97 Å². The fraction of sp³-hybridized carbons (Fsp3) is 0.300. The van der Waals surface area contributed by atoms with E-state index in [1.54, 1.807) is 18.2 Å². The van der Waals surface area contributed by atoms with E-state index < -0.39 is 0 Å². The van der Waals surface area contributed by atoms with Crippen molar-refractivity contribution in [3.63, 3.8) is 0 Å². The van der Waals surface area contributed by atoms with E-state index in [1.165, 1.54) is 6.39 Å². The zero-order valence-electron chi connectivity index (χ0n) is 14.9. The quantitative estimate of drug-likeness (QED) is 0.545. The molecule has 0 radical (unpaired) electrons. The summed E-state index contributed by atoms with van der Waals surface area (Å²) in [5.41, 5.74) is 4.14. The van der Waals surface area contributed by atoms with Gasteiger partial charge in [-0.05, 0) is 29.5 Å². The third-order valence-corrected chi connectivity index (χ3v) is 4.69. The standard InChI is InChI=1S/C20H20N2O4/c1-10(2)12-5-15-19(8-17(12)24)26-20(22-15)4-11(3)13-6-18-14(7-16(13)23)21-9-25-18/h5-11,23-24H,4H2,1-3H3. The van der Waals surface area contributed by atoms with Crippen LogP contribution < -0.4 is 0 Å². The van der Waals surface area contributed by atoms with Crippen molar-refractivity contribution >= 4 is 22.2 Å². The van der Waals surface area contributed by atoms with Gasteiger partial charge in [0.25, 0.3) is 0 Å². The van der Waals surface area contributed by atoms with Crippen LogP contribution in [-0.2, 0) is 6.42 Å². The monoisotopic (exact) mass is 352 g/mol. The molecule has 0 spiro atoms. The van der Waals surface area contributed by atoms with Gasteiger partial charge in [0, 0.05) is 24.1 Å². The summed E-state index contributed by atoms with van der Waals surface area (Å²) in [5, 5.41) is 20.4. The van der Waals surface area contributed by atoms with Gasteiger partial charge in [-0.25, -0.2) is 9.97 Å². The molecule has 0 aliphatic carbocycles. The second kappa shape index (κ2) is 6.05. The Hall–Kier alpha value is -3.02. The highest BCUT2D eigenvalue weighted by Crippen LogP contribution is 2.34. The lowest BCUT2D eigenvalue weighted by Gasteiger charge is -2.11. The minimum Gasteiger partial charge on any atom is -0.508 e. The van der Waals surface area contributed by atoms with Crippen LogP contribution in [0, 0.1) is 0 Å². The normalized spacial score (nSPS) is 13.1. The van der Waals surface area contributed by atoms with Crippen molar-refractivity contribution in [2.24, 2.45) is 0 Å². The van der Waals surface area contributed by atoms with E-state index in [-0.39, 0.29) is 23.3 Å². The van der Waals surface area contributed by atoms with Crippen LogP contribution in [0.3, 0.4) is 0 Å². The molecule has 2 aromatic carbocycles. The van der Waals surface area contributed by atoms with Gasteiger partial charge < -0.3 is 19.0 Å². The first-order chi connectivity index (χ1) is 12.4. The molecule has 0 bridgehead atoms. The third kappa shape index (κ3) is 2.77. The lowest BCUT2D eigenvalue weighted by molar-refractivity contribution is 0.454. The molecule has 134 valence electrons. The molecule has 1 unspecified atom stereocenters. The molecule has 0 aliphatic heterocycles. The second-order valence-electron chi connectivity index (χ2n) is 6.98. The summed E-state index contributed by atoms with van der Waals surface area (Å²) in [6.07, 6.45) is 1.87. The Morgan fingerprint density at radius 2 is 1.69 bits per heavy atom. The Morgan fingerprint density at radius 3 is 2.46 bits per heavy atom. The Bertz CT molecular complexity index is 1090. The molecule has 4 rings (SSSR count). The molecular formula is C20H20N2O4. The van der Waals surface area contributed by atoms with Gasteiger partial charge in [-0.15, -0.1) is 0 Å². The van der Waals surface area contributed by atoms with Crippen LogP contribution in [0.4, 0.5) is 0 Å². The number of phenolic OH excluding ortho intramolecular Hbond substituents is 2. The van der Waals surface area contributed by atoms with Gasteiger partial charge >= 0.3 is 0 Å². The number of phenols is 2. The molecule has 0 fully saturated rings. The average Bonchev–Trinajstić information content (AvgIpc) is 3.18. The van der Waals surface area contributed by atoms with Gasteiger partial charge in [0.2, 0.25) is 0 Å². The number of hydrogen-bond donors (Lipinski definition) is 2. The zero-order chi connectivity index (χ0) is 18.4. The highest BCUT2D eigenvalue weighted by Gasteiger charge is 2.18. The van der Waals surface area contributed by atoms with Crippen molar-refractivity contribution in [2.75, 3.05) is 0 Å². The van der Waals surface area contributed by atoms with Crippen molar-refractivity contribution in [2.45, 2.75) is 39.0 Å². The van der Waals surface area contributed by atoms with Crippen LogP contribution in [-0.4, -0.2) is 20.2 Å². The molecule has 4 aromatic rings. The summed E-state index contributed by atoms with van der Waals surface area (Å²) in [6, 6.07) is 6.88. The molecule has 2 N–H and O–H groups in total. The number of aromatic nitrogens is 2. The SMILES string of the molecule is CC(C)c1cc2nc(CC(C)c3cc4ocnc4cc3O)oc2cc1O. The van der Waals surface area contributed by atoms with Gasteiger partial charge in [-0.3, -0.25) is 0 Å². The minimum atomic E-state index is -0.0317. The molecule has 0 saturated heterocycles. The highest BCUT2D eigenvalue weighted by atomic mass is 16.3. The van der Waals surface area contributed by atoms with Crippen LogP contribution in [0.2, 0.25) is 0 Å². The number of oxazole rings is 2. The molecule has 1 atom stereocenters. The smallest absolute Gasteiger partial charge is 0.196 e. The predicted molar refractivity (Wildman–Crippen MR) is 97.6 cm³/mol. The summed E-state index contributed by atoms with van der Waals surface area (Å²) < 4.78 is 11.1. The summed E-state index contributed by atoms with van der Waals surface area (Å²) in [4.78, 5) is 8.59. The largest absolute Gasteiger partial charge is 0.508 e. The second-order valence-corrected chi connectivity index (χ2v) is 6.98. The molecule has 0 amide bonds. The predicted octanol–water partition coefficient (Wildman–Crippen LogP) is 4.85. The topological polar surface area (TPSA) is 92.5 Å². The Morgan fingerprint density at radius 1 is 0.923 bits per heavy atom. The fourth-order valence-electron chi connectivity index (χ4n) is 3.25. The molecular weight excluding hydrogens is 332 g/mol. The zero-order valence-corrected chi connectivity index (χ0v) is 14.9. The van der Waals surface area contributed by atoms with Crippen LogP contribution in [0.15, 0.2) is 39.5 Å². The van der Waals surface area contributed by atoms with E-state index in [0.717, 1.165) is 16.6 Å². The van der Waals surface area contributed by atoms with E-state index in [9.17, 15) is 10.2 Å². The number of hydrogen-bond acceptors (Lipinski definition) is 6. The maximum absolute atomic E-state index is 10.3. The van der Waals surface area contributed by atoms with Crippen LogP contribution in [0.25, 0.3) is 22.2 Å². The number of nitrogens with zero attached hydrogens (tertiary/aromatic N) is 2. The van der Waals surface area contributed by atoms with E-state index in [0.29, 0.717) is 29.0 Å². The minimum absolute atomic E-state index is 0.0317. The molecule has 0 saturated carbocycles. The van der Waals surface area contributed by atoms with Gasteiger partial charge in [0.1, 0.15) is 22.5 Å². The van der Waals surface area contributed by atoms with Gasteiger partial charge in [0.15, 0.2) is 23.5 Å². The van der Waals surface area contributed by atoms with E-state index in [2.05, 4.69) is 9.97 Å². The maximum atomic E-state index is 10.3. The summed E-state index contributed by atoms with van der Waals surface area (Å²) in [6.45, 7) is 6.03. The number of aromatic hydroxyl groups is 2. The van der Waals surface area contributed by atoms with Crippen molar-refractivity contribution < 1.29 is 19.0 Å². The molecule has 6 nitrogen and oxygen atoms in total. The first-order valence-corrected chi connectivity index (χ1v) is 8.60. The van der Waals surface area contributed by atoms with Crippen molar-refractivity contribution in [3.05, 3.63) is 47.7 Å². The first kappa shape index (κ1) is 16.4. The first-order valence-electron chi connectivity index (χ1n) is 8.60. The summed E-state index contributed by atoms with van der Waals surface area (Å²) in [5.74, 6) is 1.12. The Balaban J connectivity index is 1.66. The third-order valence-electron chi connectivity index (χ3n) is 4.69. The van der Waals surface area contributed by atoms with Crippen molar-refractivity contribution in [1.29, 1.82) is 0 Å². The van der Waals surface area contributed by atoms with Gasteiger partial charge in [0.05, 0.1) is 0 Å². The van der Waals surface area contributed by atoms with Gasteiger partial charge in [-0.1, -0.05) is 20.8 Å². The maximum Gasteiger partial charge on any atom is 0.196 e. The lowest BCUT2D eigenvalue weighted by atomic mass is 9.96. The number of benzene rings is 2. The highest BCUT2D eigenvalue weighted by molar-refractivity contribution is 5.77.